The maximum absolute atomic E-state index is 6.34. The summed E-state index contributed by atoms with van der Waals surface area (Å²) >= 11 is 0. The summed E-state index contributed by atoms with van der Waals surface area (Å²) in [5.41, 5.74) is 12.2. The molecule has 2 aliphatic carbocycles. The van der Waals surface area contributed by atoms with Crippen LogP contribution >= 0.6 is 0 Å². The molecule has 2 aliphatic rings. The fourth-order valence-electron chi connectivity index (χ4n) is 5.57. The number of aryl methyl sites for hydroxylation is 1. The van der Waals surface area contributed by atoms with E-state index in [1.54, 1.807) is 7.11 Å². The molecule has 6 nitrogen and oxygen atoms in total. The number of hydrogen-bond acceptors (Lipinski definition) is 5. The van der Waals surface area contributed by atoms with Gasteiger partial charge in [-0.2, -0.15) is 0 Å². The molecule has 0 saturated heterocycles. The van der Waals surface area contributed by atoms with E-state index in [2.05, 4.69) is 64.5 Å². The van der Waals surface area contributed by atoms with Crippen molar-refractivity contribution in [3.63, 3.8) is 0 Å². The lowest BCUT2D eigenvalue weighted by atomic mass is 9.84. The number of methoxy groups -OCH3 is 1. The van der Waals surface area contributed by atoms with Crippen molar-refractivity contribution in [2.45, 2.75) is 50.9 Å². The molecule has 0 bridgehead atoms. The predicted molar refractivity (Wildman–Crippen MR) is 135 cm³/mol. The Morgan fingerprint density at radius 2 is 2.06 bits per heavy atom. The van der Waals surface area contributed by atoms with Gasteiger partial charge in [0.1, 0.15) is 5.82 Å². The SMILES string of the molecule is COCc1cccc(CN)c1N(C1CCCc2cccnc21)C(c1ncc[nH]1)C1C=CC=CC1. The van der Waals surface area contributed by atoms with E-state index in [4.69, 9.17) is 20.4 Å². The molecule has 2 heterocycles. The second kappa shape index (κ2) is 10.4. The van der Waals surface area contributed by atoms with Crippen LogP contribution in [0.4, 0.5) is 5.69 Å². The van der Waals surface area contributed by atoms with Crippen LogP contribution in [0.2, 0.25) is 0 Å². The molecule has 5 rings (SSSR count). The molecule has 2 aromatic heterocycles. The number of para-hydroxylation sites is 1. The first-order chi connectivity index (χ1) is 16.8. The molecular weight excluding hydrogens is 422 g/mol. The number of imidazole rings is 1. The Morgan fingerprint density at radius 1 is 1.15 bits per heavy atom. The first kappa shape index (κ1) is 22.6. The zero-order valence-electron chi connectivity index (χ0n) is 19.7. The Morgan fingerprint density at radius 3 is 2.82 bits per heavy atom. The number of allylic oxidation sites excluding steroid dienone is 3. The molecule has 176 valence electrons. The number of hydrogen-bond donors (Lipinski definition) is 2. The fourth-order valence-corrected chi connectivity index (χ4v) is 5.57. The minimum atomic E-state index is -0.00235. The number of nitrogens with one attached hydrogen (secondary N) is 1. The van der Waals surface area contributed by atoms with Gasteiger partial charge in [0.05, 0.1) is 24.4 Å². The number of rotatable bonds is 8. The fraction of sp³-hybridized carbons (Fsp3) is 0.357. The van der Waals surface area contributed by atoms with Gasteiger partial charge in [-0.15, -0.1) is 0 Å². The van der Waals surface area contributed by atoms with E-state index in [-0.39, 0.29) is 18.0 Å². The normalized spacial score (nSPS) is 20.2. The van der Waals surface area contributed by atoms with Gasteiger partial charge in [-0.25, -0.2) is 4.98 Å². The Labute approximate surface area is 201 Å². The van der Waals surface area contributed by atoms with Crippen LogP contribution in [0.15, 0.2) is 73.2 Å². The van der Waals surface area contributed by atoms with Crippen molar-refractivity contribution in [1.82, 2.24) is 15.0 Å². The van der Waals surface area contributed by atoms with Gasteiger partial charge in [-0.3, -0.25) is 4.98 Å². The van der Waals surface area contributed by atoms with Crippen molar-refractivity contribution in [1.29, 1.82) is 0 Å². The number of aromatic nitrogens is 3. The standard InChI is InChI=1S/C28H33N5O/c1-34-19-23-12-5-11-22(18-29)26(23)33(24-14-6-10-20-13-7-15-30-25(20)24)27(28-31-16-17-32-28)21-8-3-2-4-9-21/h2-5,7-8,11-13,15-17,21,24,27H,6,9-10,14,18-19,29H2,1H3,(H,31,32). The number of pyridine rings is 1. The molecule has 3 unspecified atom stereocenters. The Hall–Kier alpha value is -3.22. The third-order valence-corrected chi connectivity index (χ3v) is 7.00. The predicted octanol–water partition coefficient (Wildman–Crippen LogP) is 5.17. The minimum Gasteiger partial charge on any atom is -0.380 e. The van der Waals surface area contributed by atoms with Gasteiger partial charge in [0.15, 0.2) is 0 Å². The van der Waals surface area contributed by atoms with Crippen LogP contribution in [0, 0.1) is 5.92 Å². The Balaban J connectivity index is 1.75. The molecule has 0 spiro atoms. The van der Waals surface area contributed by atoms with E-state index in [1.807, 2.05) is 18.6 Å². The summed E-state index contributed by atoms with van der Waals surface area (Å²) in [6, 6.07) is 10.8. The molecule has 1 aromatic carbocycles. The molecule has 3 N–H and O–H groups in total. The van der Waals surface area contributed by atoms with E-state index in [1.165, 1.54) is 5.56 Å². The summed E-state index contributed by atoms with van der Waals surface area (Å²) in [4.78, 5) is 15.7. The van der Waals surface area contributed by atoms with Crippen LogP contribution in [-0.2, 0) is 24.3 Å². The number of nitrogens with zero attached hydrogens (tertiary/aromatic N) is 3. The van der Waals surface area contributed by atoms with Crippen LogP contribution in [0.25, 0.3) is 0 Å². The number of fused-ring (bicyclic) bond motifs is 1. The van der Waals surface area contributed by atoms with Crippen molar-refractivity contribution in [3.8, 4) is 0 Å². The largest absolute Gasteiger partial charge is 0.380 e. The number of H-pyrrole nitrogens is 1. The molecule has 0 saturated carbocycles. The highest BCUT2D eigenvalue weighted by Crippen LogP contribution is 2.47. The highest BCUT2D eigenvalue weighted by Gasteiger charge is 2.39. The van der Waals surface area contributed by atoms with Gasteiger partial charge >= 0.3 is 0 Å². The van der Waals surface area contributed by atoms with Crippen molar-refractivity contribution in [3.05, 3.63) is 101 Å². The van der Waals surface area contributed by atoms with Crippen LogP contribution < -0.4 is 10.6 Å². The summed E-state index contributed by atoms with van der Waals surface area (Å²) in [7, 11) is 1.75. The summed E-state index contributed by atoms with van der Waals surface area (Å²) in [6.07, 6.45) is 18.7. The summed E-state index contributed by atoms with van der Waals surface area (Å²) in [5, 5.41) is 0. The third-order valence-electron chi connectivity index (χ3n) is 7.00. The van der Waals surface area contributed by atoms with E-state index in [0.717, 1.165) is 54.0 Å². The van der Waals surface area contributed by atoms with Gasteiger partial charge in [-0.05, 0) is 42.9 Å². The molecule has 0 radical (unpaired) electrons. The van der Waals surface area contributed by atoms with E-state index in [9.17, 15) is 0 Å². The first-order valence-electron chi connectivity index (χ1n) is 12.2. The average Bonchev–Trinajstić information content (AvgIpc) is 3.42. The number of ether oxygens (including phenoxy) is 1. The number of anilines is 1. The van der Waals surface area contributed by atoms with Crippen LogP contribution in [0.3, 0.4) is 0 Å². The number of aromatic amines is 1. The zero-order chi connectivity index (χ0) is 23.3. The van der Waals surface area contributed by atoms with E-state index in [0.29, 0.717) is 13.2 Å². The topological polar surface area (TPSA) is 80.1 Å². The Bertz CT molecular complexity index is 1150. The second-order valence-electron chi connectivity index (χ2n) is 9.06. The summed E-state index contributed by atoms with van der Waals surface area (Å²) in [6.45, 7) is 0.975. The highest BCUT2D eigenvalue weighted by atomic mass is 16.5. The van der Waals surface area contributed by atoms with Gasteiger partial charge in [0.25, 0.3) is 0 Å². The smallest absolute Gasteiger partial charge is 0.129 e. The molecule has 0 fully saturated rings. The average molecular weight is 456 g/mol. The molecule has 34 heavy (non-hydrogen) atoms. The van der Waals surface area contributed by atoms with Crippen molar-refractivity contribution in [2.75, 3.05) is 12.0 Å². The number of nitrogens with two attached hydrogens (primary N) is 1. The van der Waals surface area contributed by atoms with Crippen LogP contribution in [-0.4, -0.2) is 22.1 Å². The quantitative estimate of drug-likeness (QED) is 0.490. The second-order valence-corrected chi connectivity index (χ2v) is 9.06. The van der Waals surface area contributed by atoms with Crippen molar-refractivity contribution >= 4 is 5.69 Å². The maximum Gasteiger partial charge on any atom is 0.129 e. The lowest BCUT2D eigenvalue weighted by Crippen LogP contribution is -2.40. The molecule has 3 aromatic rings. The van der Waals surface area contributed by atoms with Gasteiger partial charge in [-0.1, -0.05) is 48.6 Å². The lowest BCUT2D eigenvalue weighted by molar-refractivity contribution is 0.184. The zero-order valence-corrected chi connectivity index (χ0v) is 19.7. The lowest BCUT2D eigenvalue weighted by Gasteiger charge is -2.45. The molecule has 3 atom stereocenters. The molecule has 0 amide bonds. The first-order valence-corrected chi connectivity index (χ1v) is 12.2. The molecule has 0 aliphatic heterocycles. The van der Waals surface area contributed by atoms with Gasteiger partial charge in [0.2, 0.25) is 0 Å². The van der Waals surface area contributed by atoms with Crippen LogP contribution in [0.5, 0.6) is 0 Å². The highest BCUT2D eigenvalue weighted by molar-refractivity contribution is 5.63. The third kappa shape index (κ3) is 4.31. The van der Waals surface area contributed by atoms with Crippen molar-refractivity contribution in [2.24, 2.45) is 11.7 Å². The maximum atomic E-state index is 6.34. The van der Waals surface area contributed by atoms with Crippen LogP contribution in [0.1, 0.15) is 59.6 Å². The minimum absolute atomic E-state index is 0.00235. The Kier molecular flexibility index (Phi) is 6.88. The molecular formula is C28H33N5O. The summed E-state index contributed by atoms with van der Waals surface area (Å²) < 4.78 is 5.66. The number of benzene rings is 1. The molecule has 6 heteroatoms. The summed E-state index contributed by atoms with van der Waals surface area (Å²) in [5.74, 6) is 1.22. The monoisotopic (exact) mass is 455 g/mol. The van der Waals surface area contributed by atoms with Crippen molar-refractivity contribution < 1.29 is 4.74 Å². The van der Waals surface area contributed by atoms with Gasteiger partial charge in [0, 0.05) is 49.4 Å². The van der Waals surface area contributed by atoms with Gasteiger partial charge < -0.3 is 20.4 Å². The van der Waals surface area contributed by atoms with E-state index >= 15 is 0 Å². The van der Waals surface area contributed by atoms with E-state index < -0.39 is 0 Å².